The lowest BCUT2D eigenvalue weighted by molar-refractivity contribution is 0.102. The second-order valence-electron chi connectivity index (χ2n) is 6.29. The number of methoxy groups -OCH3 is 1. The van der Waals surface area contributed by atoms with Crippen LogP contribution in [-0.2, 0) is 12.8 Å². The van der Waals surface area contributed by atoms with Crippen molar-refractivity contribution in [2.45, 2.75) is 25.7 Å². The van der Waals surface area contributed by atoms with Crippen molar-refractivity contribution in [2.24, 2.45) is 0 Å². The van der Waals surface area contributed by atoms with Gasteiger partial charge in [-0.15, -0.1) is 5.10 Å². The minimum atomic E-state index is -0.329. The number of amides is 1. The number of hydrogen-bond acceptors (Lipinski definition) is 5. The highest BCUT2D eigenvalue weighted by molar-refractivity contribution is 6.03. The molecule has 1 aliphatic rings. The summed E-state index contributed by atoms with van der Waals surface area (Å²) in [6.07, 6.45) is 4.66. The summed E-state index contributed by atoms with van der Waals surface area (Å²) in [5.74, 6) is 0.682. The van der Waals surface area contributed by atoms with Crippen LogP contribution in [0, 0.1) is 0 Å². The van der Waals surface area contributed by atoms with Gasteiger partial charge in [0.05, 0.1) is 7.11 Å². The summed E-state index contributed by atoms with van der Waals surface area (Å²) in [5.41, 5.74) is 4.07. The Labute approximate surface area is 151 Å². The van der Waals surface area contributed by atoms with Gasteiger partial charge in [0.25, 0.3) is 5.91 Å². The zero-order valence-electron chi connectivity index (χ0n) is 14.5. The van der Waals surface area contributed by atoms with Crippen molar-refractivity contribution in [1.29, 1.82) is 0 Å². The quantitative estimate of drug-likeness (QED) is 0.773. The third kappa shape index (κ3) is 3.31. The molecule has 0 radical (unpaired) electrons. The van der Waals surface area contributed by atoms with Gasteiger partial charge in [0.2, 0.25) is 5.89 Å². The van der Waals surface area contributed by atoms with E-state index in [9.17, 15) is 4.79 Å². The number of aryl methyl sites for hydroxylation is 2. The third-order valence-electron chi connectivity index (χ3n) is 4.57. The Morgan fingerprint density at radius 3 is 2.77 bits per heavy atom. The molecule has 2 aromatic carbocycles. The molecule has 132 valence electrons. The predicted octanol–water partition coefficient (Wildman–Crippen LogP) is 3.88. The van der Waals surface area contributed by atoms with E-state index in [1.807, 2.05) is 6.07 Å². The van der Waals surface area contributed by atoms with Crippen molar-refractivity contribution in [3.05, 3.63) is 59.2 Å². The van der Waals surface area contributed by atoms with Crippen LogP contribution in [0.25, 0.3) is 11.5 Å². The molecule has 1 N–H and O–H groups in total. The van der Waals surface area contributed by atoms with Crippen LogP contribution in [0.5, 0.6) is 5.75 Å². The number of ether oxygens (including phenoxy) is 1. The highest BCUT2D eigenvalue weighted by Crippen LogP contribution is 2.27. The normalized spacial score (nSPS) is 13.1. The van der Waals surface area contributed by atoms with Crippen LogP contribution in [0.1, 0.15) is 34.3 Å². The fourth-order valence-electron chi connectivity index (χ4n) is 3.19. The van der Waals surface area contributed by atoms with Crippen LogP contribution >= 0.6 is 0 Å². The first kappa shape index (κ1) is 16.3. The van der Waals surface area contributed by atoms with Gasteiger partial charge in [-0.25, -0.2) is 0 Å². The van der Waals surface area contributed by atoms with Gasteiger partial charge < -0.3 is 9.15 Å². The second-order valence-corrected chi connectivity index (χ2v) is 6.29. The standard InChI is InChI=1S/C20H19N3O3/c1-25-17-8-4-7-15(12-17)18(24)21-20-23-22-19(26-20)16-10-9-13-5-2-3-6-14(13)11-16/h4,7-12H,2-3,5-6H2,1H3,(H,21,23,24). The lowest BCUT2D eigenvalue weighted by Crippen LogP contribution is -2.12. The summed E-state index contributed by atoms with van der Waals surface area (Å²) in [7, 11) is 1.56. The first-order chi connectivity index (χ1) is 12.7. The van der Waals surface area contributed by atoms with Crippen LogP contribution in [-0.4, -0.2) is 23.2 Å². The molecule has 3 aromatic rings. The number of benzene rings is 2. The van der Waals surface area contributed by atoms with E-state index in [1.54, 1.807) is 31.4 Å². The van der Waals surface area contributed by atoms with Crippen molar-refractivity contribution in [3.63, 3.8) is 0 Å². The molecule has 1 aliphatic carbocycles. The van der Waals surface area contributed by atoms with Gasteiger partial charge in [0.15, 0.2) is 0 Å². The zero-order chi connectivity index (χ0) is 17.9. The first-order valence-electron chi connectivity index (χ1n) is 8.64. The molecule has 1 amide bonds. The summed E-state index contributed by atoms with van der Waals surface area (Å²) in [6, 6.07) is 13.2. The molecule has 6 nitrogen and oxygen atoms in total. The predicted molar refractivity (Wildman–Crippen MR) is 97.3 cm³/mol. The van der Waals surface area contributed by atoms with Crippen LogP contribution in [0.4, 0.5) is 6.01 Å². The van der Waals surface area contributed by atoms with Crippen LogP contribution in [0.2, 0.25) is 0 Å². The van der Waals surface area contributed by atoms with E-state index in [2.05, 4.69) is 27.6 Å². The van der Waals surface area contributed by atoms with Gasteiger partial charge in [-0.2, -0.15) is 0 Å². The number of rotatable bonds is 4. The molecule has 0 atom stereocenters. The van der Waals surface area contributed by atoms with E-state index in [4.69, 9.17) is 9.15 Å². The molecular formula is C20H19N3O3. The summed E-state index contributed by atoms with van der Waals surface area (Å²) in [5, 5.41) is 10.6. The third-order valence-corrected chi connectivity index (χ3v) is 4.57. The molecule has 0 spiro atoms. The lowest BCUT2D eigenvalue weighted by atomic mass is 9.90. The average molecular weight is 349 g/mol. The number of carbonyl (C=O) groups excluding carboxylic acids is 1. The van der Waals surface area contributed by atoms with Gasteiger partial charge >= 0.3 is 6.01 Å². The number of nitrogens with one attached hydrogen (secondary N) is 1. The summed E-state index contributed by atoms with van der Waals surface area (Å²) < 4.78 is 10.8. The number of nitrogens with zero attached hydrogens (tertiary/aromatic N) is 2. The van der Waals surface area contributed by atoms with Gasteiger partial charge in [0.1, 0.15) is 5.75 Å². The summed E-state index contributed by atoms with van der Waals surface area (Å²) in [4.78, 5) is 12.3. The smallest absolute Gasteiger partial charge is 0.322 e. The Hall–Kier alpha value is -3.15. The first-order valence-corrected chi connectivity index (χ1v) is 8.64. The van der Waals surface area contributed by atoms with Crippen molar-refractivity contribution in [3.8, 4) is 17.2 Å². The molecule has 1 aromatic heterocycles. The monoisotopic (exact) mass is 349 g/mol. The highest BCUT2D eigenvalue weighted by Gasteiger charge is 2.15. The minimum Gasteiger partial charge on any atom is -0.497 e. The maximum absolute atomic E-state index is 12.3. The molecule has 26 heavy (non-hydrogen) atoms. The van der Waals surface area contributed by atoms with Gasteiger partial charge in [0, 0.05) is 11.1 Å². The molecule has 6 heteroatoms. The van der Waals surface area contributed by atoms with Crippen LogP contribution in [0.15, 0.2) is 46.9 Å². The van der Waals surface area contributed by atoms with Crippen molar-refractivity contribution < 1.29 is 13.9 Å². The second kappa shape index (κ2) is 7.00. The van der Waals surface area contributed by atoms with Crippen molar-refractivity contribution in [2.75, 3.05) is 12.4 Å². The zero-order valence-corrected chi connectivity index (χ0v) is 14.5. The van der Waals surface area contributed by atoms with E-state index < -0.39 is 0 Å². The largest absolute Gasteiger partial charge is 0.497 e. The molecule has 0 bridgehead atoms. The lowest BCUT2D eigenvalue weighted by Gasteiger charge is -2.15. The topological polar surface area (TPSA) is 77.2 Å². The Bertz CT molecular complexity index is 949. The summed E-state index contributed by atoms with van der Waals surface area (Å²) in [6.45, 7) is 0. The molecule has 0 saturated carbocycles. The fourth-order valence-corrected chi connectivity index (χ4v) is 3.19. The fraction of sp³-hybridized carbons (Fsp3) is 0.250. The van der Waals surface area contributed by atoms with Crippen molar-refractivity contribution in [1.82, 2.24) is 10.2 Å². The average Bonchev–Trinajstić information content (AvgIpc) is 3.16. The molecule has 4 rings (SSSR count). The van der Waals surface area contributed by atoms with Gasteiger partial charge in [-0.05, 0) is 67.1 Å². The number of anilines is 1. The molecule has 0 aliphatic heterocycles. The maximum atomic E-state index is 12.3. The Morgan fingerprint density at radius 1 is 1.08 bits per heavy atom. The number of carbonyl (C=O) groups is 1. The van der Waals surface area contributed by atoms with E-state index in [0.717, 1.165) is 18.4 Å². The van der Waals surface area contributed by atoms with Crippen LogP contribution < -0.4 is 10.1 Å². The highest BCUT2D eigenvalue weighted by atomic mass is 16.5. The number of fused-ring (bicyclic) bond motifs is 1. The SMILES string of the molecule is COc1cccc(C(=O)Nc2nnc(-c3ccc4c(c3)CCCC4)o2)c1. The van der Waals surface area contributed by atoms with E-state index >= 15 is 0 Å². The number of hydrogen-bond donors (Lipinski definition) is 1. The molecule has 0 unspecified atom stereocenters. The Kier molecular flexibility index (Phi) is 4.39. The molecular weight excluding hydrogens is 330 g/mol. The Morgan fingerprint density at radius 2 is 1.92 bits per heavy atom. The van der Waals surface area contributed by atoms with Gasteiger partial charge in [-0.3, -0.25) is 10.1 Å². The van der Waals surface area contributed by atoms with Crippen molar-refractivity contribution >= 4 is 11.9 Å². The molecule has 0 fully saturated rings. The number of aromatic nitrogens is 2. The Balaban J connectivity index is 1.52. The van der Waals surface area contributed by atoms with E-state index in [1.165, 1.54) is 24.0 Å². The minimum absolute atomic E-state index is 0.0746. The van der Waals surface area contributed by atoms with E-state index in [-0.39, 0.29) is 11.9 Å². The van der Waals surface area contributed by atoms with E-state index in [0.29, 0.717) is 17.2 Å². The molecule has 1 heterocycles. The van der Waals surface area contributed by atoms with Gasteiger partial charge in [-0.1, -0.05) is 17.2 Å². The summed E-state index contributed by atoms with van der Waals surface area (Å²) >= 11 is 0. The van der Waals surface area contributed by atoms with Crippen LogP contribution in [0.3, 0.4) is 0 Å². The maximum Gasteiger partial charge on any atom is 0.322 e. The molecule has 0 saturated heterocycles.